The van der Waals surface area contributed by atoms with Crippen LogP contribution < -0.4 is 14.9 Å². The van der Waals surface area contributed by atoms with Crippen LogP contribution >= 0.6 is 0 Å². The van der Waals surface area contributed by atoms with Gasteiger partial charge in [-0.15, -0.1) is 0 Å². The topological polar surface area (TPSA) is 110 Å². The molecule has 2 rings (SSSR count). The molecule has 1 aromatic carbocycles. The molecule has 0 aliphatic heterocycles. The summed E-state index contributed by atoms with van der Waals surface area (Å²) < 4.78 is 36.6. The molecular formula is C17H20N4O5S. The van der Waals surface area contributed by atoms with Crippen LogP contribution in [0, 0.1) is 0 Å². The van der Waals surface area contributed by atoms with E-state index in [2.05, 4.69) is 15.5 Å². The van der Waals surface area contributed by atoms with Gasteiger partial charge in [-0.05, 0) is 29.8 Å². The number of rotatable bonds is 8. The lowest BCUT2D eigenvalue weighted by molar-refractivity contribution is -0.121. The number of nitrogens with one attached hydrogen (secondary N) is 1. The molecule has 0 spiro atoms. The van der Waals surface area contributed by atoms with Crippen LogP contribution in [-0.4, -0.2) is 57.6 Å². The largest absolute Gasteiger partial charge is 0.497 e. The molecule has 144 valence electrons. The van der Waals surface area contributed by atoms with Gasteiger partial charge in [0, 0.05) is 25.5 Å². The molecule has 0 atom stereocenters. The standard InChI is InChI=1S/C17H20N4O5S/c1-21(12-17(22)20-19-11-13-6-8-18-9-7-13)27(23,24)16-10-14(25-2)4-5-15(16)26-3/h4-11H,12H2,1-3H3,(H,20,22)/b19-11+. The van der Waals surface area contributed by atoms with E-state index in [1.165, 1.54) is 39.6 Å². The van der Waals surface area contributed by atoms with E-state index >= 15 is 0 Å². The fourth-order valence-corrected chi connectivity index (χ4v) is 3.40. The van der Waals surface area contributed by atoms with Crippen LogP contribution in [0.1, 0.15) is 5.56 Å². The Balaban J connectivity index is 2.08. The molecule has 0 saturated heterocycles. The summed E-state index contributed by atoms with van der Waals surface area (Å²) in [6, 6.07) is 7.82. The second kappa shape index (κ2) is 9.10. The van der Waals surface area contributed by atoms with Gasteiger partial charge >= 0.3 is 0 Å². The van der Waals surface area contributed by atoms with Crippen molar-refractivity contribution in [1.82, 2.24) is 14.7 Å². The number of amides is 1. The lowest BCUT2D eigenvalue weighted by atomic mass is 10.3. The summed E-state index contributed by atoms with van der Waals surface area (Å²) in [5.74, 6) is -0.0822. The van der Waals surface area contributed by atoms with Crippen molar-refractivity contribution < 1.29 is 22.7 Å². The highest BCUT2D eigenvalue weighted by Gasteiger charge is 2.27. The molecule has 0 fully saturated rings. The van der Waals surface area contributed by atoms with Gasteiger partial charge in [-0.2, -0.15) is 9.41 Å². The normalized spacial score (nSPS) is 11.6. The molecule has 0 bridgehead atoms. The van der Waals surface area contributed by atoms with Crippen molar-refractivity contribution in [2.75, 3.05) is 27.8 Å². The highest BCUT2D eigenvalue weighted by Crippen LogP contribution is 2.29. The number of sulfonamides is 1. The number of nitrogens with zero attached hydrogens (tertiary/aromatic N) is 3. The zero-order valence-corrected chi connectivity index (χ0v) is 15.9. The second-order valence-corrected chi connectivity index (χ2v) is 7.36. The van der Waals surface area contributed by atoms with Crippen LogP contribution in [0.15, 0.2) is 52.7 Å². The SMILES string of the molecule is COc1ccc(OC)c(S(=O)(=O)N(C)CC(=O)N/N=C/c2ccncc2)c1. The third-order valence-corrected chi connectivity index (χ3v) is 5.36. The molecule has 0 aliphatic rings. The summed E-state index contributed by atoms with van der Waals surface area (Å²) >= 11 is 0. The Morgan fingerprint density at radius 1 is 1.22 bits per heavy atom. The quantitative estimate of drug-likeness (QED) is 0.527. The van der Waals surface area contributed by atoms with Gasteiger partial charge in [0.1, 0.15) is 16.4 Å². The molecular weight excluding hydrogens is 372 g/mol. The number of ether oxygens (including phenoxy) is 2. The summed E-state index contributed by atoms with van der Waals surface area (Å²) in [5.41, 5.74) is 3.03. The van der Waals surface area contributed by atoms with Gasteiger partial charge in [0.05, 0.1) is 27.0 Å². The lowest BCUT2D eigenvalue weighted by Crippen LogP contribution is -2.36. The molecule has 0 radical (unpaired) electrons. The first-order valence-corrected chi connectivity index (χ1v) is 9.22. The van der Waals surface area contributed by atoms with E-state index in [4.69, 9.17) is 9.47 Å². The van der Waals surface area contributed by atoms with Gasteiger partial charge in [0.15, 0.2) is 0 Å². The van der Waals surface area contributed by atoms with Gasteiger partial charge < -0.3 is 9.47 Å². The molecule has 2 aromatic rings. The second-order valence-electron chi connectivity index (χ2n) is 5.35. The van der Waals surface area contributed by atoms with Gasteiger partial charge in [-0.25, -0.2) is 13.8 Å². The fourth-order valence-electron chi connectivity index (χ4n) is 2.10. The van der Waals surface area contributed by atoms with E-state index in [1.807, 2.05) is 0 Å². The van der Waals surface area contributed by atoms with Crippen LogP contribution in [0.25, 0.3) is 0 Å². The Morgan fingerprint density at radius 2 is 1.93 bits per heavy atom. The summed E-state index contributed by atoms with van der Waals surface area (Å²) in [5, 5.41) is 3.79. The Kier molecular flexibility index (Phi) is 6.85. The number of carbonyl (C=O) groups excluding carboxylic acids is 1. The average Bonchev–Trinajstić information content (AvgIpc) is 2.68. The number of aromatic nitrogens is 1. The third kappa shape index (κ3) is 5.25. The van der Waals surface area contributed by atoms with Crippen molar-refractivity contribution in [2.45, 2.75) is 4.90 Å². The van der Waals surface area contributed by atoms with Crippen LogP contribution in [-0.2, 0) is 14.8 Å². The van der Waals surface area contributed by atoms with Crippen molar-refractivity contribution in [3.05, 3.63) is 48.3 Å². The maximum atomic E-state index is 12.8. The van der Waals surface area contributed by atoms with E-state index in [0.717, 1.165) is 9.87 Å². The molecule has 27 heavy (non-hydrogen) atoms. The van der Waals surface area contributed by atoms with Crippen LogP contribution in [0.2, 0.25) is 0 Å². The van der Waals surface area contributed by atoms with Crippen molar-refractivity contribution in [1.29, 1.82) is 0 Å². The van der Waals surface area contributed by atoms with Gasteiger partial charge in [-0.1, -0.05) is 0 Å². The molecule has 1 aromatic heterocycles. The lowest BCUT2D eigenvalue weighted by Gasteiger charge is -2.18. The number of hydrazone groups is 1. The van der Waals surface area contributed by atoms with Gasteiger partial charge in [0.2, 0.25) is 10.0 Å². The van der Waals surface area contributed by atoms with E-state index in [-0.39, 0.29) is 10.6 Å². The molecule has 0 saturated carbocycles. The minimum Gasteiger partial charge on any atom is -0.497 e. The number of benzene rings is 1. The Hall–Kier alpha value is -2.98. The van der Waals surface area contributed by atoms with Crippen molar-refractivity contribution in [3.8, 4) is 11.5 Å². The van der Waals surface area contributed by atoms with Crippen molar-refractivity contribution >= 4 is 22.1 Å². The first kappa shape index (κ1) is 20.3. The van der Waals surface area contributed by atoms with Crippen molar-refractivity contribution in [2.24, 2.45) is 5.10 Å². The van der Waals surface area contributed by atoms with Crippen LogP contribution in [0.5, 0.6) is 11.5 Å². The highest BCUT2D eigenvalue weighted by atomic mass is 32.2. The number of likely N-dealkylation sites (N-methyl/N-ethyl adjacent to an activating group) is 1. The van der Waals surface area contributed by atoms with E-state index in [1.54, 1.807) is 30.6 Å². The minimum atomic E-state index is -3.98. The summed E-state index contributed by atoms with van der Waals surface area (Å²) in [6.45, 7) is -0.420. The number of hydrogen-bond acceptors (Lipinski definition) is 7. The Morgan fingerprint density at radius 3 is 2.56 bits per heavy atom. The fraction of sp³-hybridized carbons (Fsp3) is 0.235. The predicted octanol–water partition coefficient (Wildman–Crippen LogP) is 0.870. The Labute approximate surface area is 157 Å². The average molecular weight is 392 g/mol. The molecule has 1 heterocycles. The first-order valence-electron chi connectivity index (χ1n) is 7.78. The number of pyridine rings is 1. The summed E-state index contributed by atoms with van der Waals surface area (Å²) in [7, 11) is 0.102. The highest BCUT2D eigenvalue weighted by molar-refractivity contribution is 7.89. The zero-order valence-electron chi connectivity index (χ0n) is 15.1. The Bertz CT molecular complexity index is 916. The molecule has 9 nitrogen and oxygen atoms in total. The number of hydrogen-bond donors (Lipinski definition) is 1. The molecule has 1 N–H and O–H groups in total. The van der Waals surface area contributed by atoms with Gasteiger partial charge in [0.25, 0.3) is 5.91 Å². The molecule has 0 aliphatic carbocycles. The third-order valence-electron chi connectivity index (χ3n) is 3.53. The van der Waals surface area contributed by atoms with Gasteiger partial charge in [-0.3, -0.25) is 9.78 Å². The van der Waals surface area contributed by atoms with Crippen LogP contribution in [0.3, 0.4) is 0 Å². The molecule has 10 heteroatoms. The number of methoxy groups -OCH3 is 2. The van der Waals surface area contributed by atoms with Crippen molar-refractivity contribution in [3.63, 3.8) is 0 Å². The van der Waals surface area contributed by atoms with E-state index < -0.39 is 22.5 Å². The summed E-state index contributed by atoms with van der Waals surface area (Å²) in [4.78, 5) is 15.8. The number of carbonyl (C=O) groups is 1. The van der Waals surface area contributed by atoms with Crippen LogP contribution in [0.4, 0.5) is 0 Å². The zero-order chi connectivity index (χ0) is 19.9. The maximum absolute atomic E-state index is 12.8. The first-order chi connectivity index (χ1) is 12.9. The smallest absolute Gasteiger partial charge is 0.255 e. The minimum absolute atomic E-state index is 0.0973. The monoisotopic (exact) mass is 392 g/mol. The maximum Gasteiger partial charge on any atom is 0.255 e. The molecule has 1 amide bonds. The summed E-state index contributed by atoms with van der Waals surface area (Å²) in [6.07, 6.45) is 4.61. The predicted molar refractivity (Wildman–Crippen MR) is 99.3 cm³/mol. The van der Waals surface area contributed by atoms with E-state index in [0.29, 0.717) is 5.75 Å². The molecule has 0 unspecified atom stereocenters. The van der Waals surface area contributed by atoms with E-state index in [9.17, 15) is 13.2 Å².